The van der Waals surface area contributed by atoms with Crippen LogP contribution >= 0.6 is 23.4 Å². The van der Waals surface area contributed by atoms with Crippen molar-refractivity contribution in [3.05, 3.63) is 43.7 Å². The van der Waals surface area contributed by atoms with E-state index in [0.29, 0.717) is 5.75 Å². The summed E-state index contributed by atoms with van der Waals surface area (Å²) < 4.78 is 0.872. The molecule has 0 atom stereocenters. The van der Waals surface area contributed by atoms with Gasteiger partial charge >= 0.3 is 0 Å². The third kappa shape index (κ3) is 2.98. The molecule has 0 aliphatic carbocycles. The van der Waals surface area contributed by atoms with E-state index in [0.717, 1.165) is 4.68 Å². The molecule has 0 radical (unpaired) electrons. The molecule has 8 nitrogen and oxygen atoms in total. The number of rotatable bonds is 4. The summed E-state index contributed by atoms with van der Waals surface area (Å²) in [5, 5.41) is 18.8. The van der Waals surface area contributed by atoms with E-state index in [1.807, 2.05) is 6.92 Å². The zero-order valence-electron chi connectivity index (χ0n) is 10.8. The second kappa shape index (κ2) is 6.10. The van der Waals surface area contributed by atoms with Crippen molar-refractivity contribution in [2.45, 2.75) is 12.1 Å². The van der Waals surface area contributed by atoms with Crippen molar-refractivity contribution in [2.24, 2.45) is 0 Å². The van der Waals surface area contributed by atoms with Crippen LogP contribution in [0.2, 0.25) is 5.02 Å². The monoisotopic (exact) mass is 327 g/mol. The number of thioether (sulfide) groups is 1. The van der Waals surface area contributed by atoms with Crippen molar-refractivity contribution in [3.8, 4) is 11.3 Å². The normalized spacial score (nSPS) is 10.6. The molecule has 0 bridgehead atoms. The molecule has 1 heterocycles. The van der Waals surface area contributed by atoms with Gasteiger partial charge in [0.25, 0.3) is 11.2 Å². The van der Waals surface area contributed by atoms with Gasteiger partial charge in [-0.2, -0.15) is 4.68 Å². The summed E-state index contributed by atoms with van der Waals surface area (Å²) in [5.41, 5.74) is -0.739. The molecule has 1 aromatic heterocycles. The lowest BCUT2D eigenvalue weighted by Gasteiger charge is -2.06. The highest BCUT2D eigenvalue weighted by atomic mass is 35.5. The average molecular weight is 328 g/mol. The number of aromatic nitrogens is 3. The predicted molar refractivity (Wildman–Crippen MR) is 79.9 cm³/mol. The molecule has 21 heavy (non-hydrogen) atoms. The summed E-state index contributed by atoms with van der Waals surface area (Å²) in [5.74, 6) is 6.33. The average Bonchev–Trinajstić information content (AvgIpc) is 2.45. The van der Waals surface area contributed by atoms with Gasteiger partial charge in [-0.3, -0.25) is 14.9 Å². The molecule has 0 saturated heterocycles. The quantitative estimate of drug-likeness (QED) is 0.393. The zero-order chi connectivity index (χ0) is 15.6. The summed E-state index contributed by atoms with van der Waals surface area (Å²) in [6.45, 7) is 1.88. The van der Waals surface area contributed by atoms with Gasteiger partial charge in [-0.1, -0.05) is 36.4 Å². The van der Waals surface area contributed by atoms with E-state index < -0.39 is 10.5 Å². The van der Waals surface area contributed by atoms with Crippen LogP contribution in [0.3, 0.4) is 0 Å². The number of hydrogen-bond donors (Lipinski definition) is 1. The lowest BCUT2D eigenvalue weighted by Crippen LogP contribution is -2.32. The molecular formula is C11H10ClN5O3S. The second-order valence-corrected chi connectivity index (χ2v) is 5.50. The second-order valence-electron chi connectivity index (χ2n) is 3.86. The van der Waals surface area contributed by atoms with Crippen LogP contribution in [0.4, 0.5) is 5.69 Å². The Bertz CT molecular complexity index is 764. The molecule has 2 N–H and O–H groups in total. The summed E-state index contributed by atoms with van der Waals surface area (Å²) >= 11 is 6.99. The molecule has 0 fully saturated rings. The molecule has 0 spiro atoms. The molecule has 2 aromatic rings. The Labute approximate surface area is 128 Å². The minimum atomic E-state index is -0.637. The molecular weight excluding hydrogens is 318 g/mol. The maximum atomic E-state index is 12.2. The molecule has 2 rings (SSSR count). The van der Waals surface area contributed by atoms with Gasteiger partial charge in [-0.25, -0.2) is 0 Å². The Morgan fingerprint density at radius 3 is 2.81 bits per heavy atom. The van der Waals surface area contributed by atoms with Crippen LogP contribution in [0.25, 0.3) is 11.3 Å². The van der Waals surface area contributed by atoms with E-state index in [9.17, 15) is 14.9 Å². The molecule has 10 heteroatoms. The topological polar surface area (TPSA) is 117 Å². The van der Waals surface area contributed by atoms with E-state index in [1.54, 1.807) is 0 Å². The van der Waals surface area contributed by atoms with Crippen LogP contribution in [0, 0.1) is 10.1 Å². The summed E-state index contributed by atoms with van der Waals surface area (Å²) in [7, 11) is 0. The van der Waals surface area contributed by atoms with E-state index in [-0.39, 0.29) is 27.1 Å². The van der Waals surface area contributed by atoms with Gasteiger partial charge in [0, 0.05) is 11.6 Å². The minimum absolute atomic E-state index is 0.0251. The number of halogens is 1. The van der Waals surface area contributed by atoms with E-state index in [1.165, 1.54) is 30.0 Å². The number of nitrogens with two attached hydrogens (primary N) is 1. The predicted octanol–water partition coefficient (Wildman–Crippen LogP) is 1.69. The summed E-state index contributed by atoms with van der Waals surface area (Å²) in [6.07, 6.45) is 0. The van der Waals surface area contributed by atoms with E-state index >= 15 is 0 Å². The van der Waals surface area contributed by atoms with Gasteiger partial charge in [0.1, 0.15) is 5.02 Å². The van der Waals surface area contributed by atoms with Crippen LogP contribution in [0.1, 0.15) is 6.92 Å². The van der Waals surface area contributed by atoms with Crippen molar-refractivity contribution in [3.63, 3.8) is 0 Å². The van der Waals surface area contributed by atoms with Gasteiger partial charge in [0.05, 0.1) is 4.92 Å². The first-order valence-electron chi connectivity index (χ1n) is 5.77. The van der Waals surface area contributed by atoms with Crippen molar-refractivity contribution < 1.29 is 4.92 Å². The first kappa shape index (κ1) is 15.3. The molecule has 0 unspecified atom stereocenters. The smallest absolute Gasteiger partial charge is 0.299 e. The molecule has 0 aliphatic rings. The highest BCUT2D eigenvalue weighted by Crippen LogP contribution is 2.28. The van der Waals surface area contributed by atoms with Gasteiger partial charge in [0.15, 0.2) is 5.69 Å². The standard InChI is InChI=1S/C11H10ClN5O3S/c1-2-21-11-15-14-9(10(18)16(11)13)6-3-4-7(12)8(5-6)17(19)20/h3-5H,2,13H2,1H3. The number of hydrogen-bond acceptors (Lipinski definition) is 7. The lowest BCUT2D eigenvalue weighted by molar-refractivity contribution is -0.384. The maximum Gasteiger partial charge on any atom is 0.299 e. The molecule has 0 amide bonds. The molecule has 110 valence electrons. The van der Waals surface area contributed by atoms with Crippen LogP contribution in [-0.2, 0) is 0 Å². The molecule has 0 saturated carbocycles. The van der Waals surface area contributed by atoms with Crippen molar-refractivity contribution in [1.82, 2.24) is 14.9 Å². The minimum Gasteiger partial charge on any atom is -0.334 e. The maximum absolute atomic E-state index is 12.2. The molecule has 0 aliphatic heterocycles. The van der Waals surface area contributed by atoms with Crippen LogP contribution < -0.4 is 11.4 Å². The Morgan fingerprint density at radius 1 is 1.48 bits per heavy atom. The fourth-order valence-electron chi connectivity index (χ4n) is 1.59. The largest absolute Gasteiger partial charge is 0.334 e. The number of benzene rings is 1. The number of nitro benzene ring substituents is 1. The SMILES string of the molecule is CCSc1nnc(-c2ccc(Cl)c([N+](=O)[O-])c2)c(=O)n1N. The van der Waals surface area contributed by atoms with Gasteiger partial charge < -0.3 is 5.84 Å². The van der Waals surface area contributed by atoms with Gasteiger partial charge in [-0.05, 0) is 11.8 Å². The fraction of sp³-hybridized carbons (Fsp3) is 0.182. The Morgan fingerprint density at radius 2 is 2.19 bits per heavy atom. The van der Waals surface area contributed by atoms with Crippen molar-refractivity contribution in [1.29, 1.82) is 0 Å². The Kier molecular flexibility index (Phi) is 4.43. The van der Waals surface area contributed by atoms with Gasteiger partial charge in [-0.15, -0.1) is 10.2 Å². The highest BCUT2D eigenvalue weighted by molar-refractivity contribution is 7.99. The van der Waals surface area contributed by atoms with Crippen molar-refractivity contribution in [2.75, 3.05) is 11.6 Å². The van der Waals surface area contributed by atoms with E-state index in [2.05, 4.69) is 10.2 Å². The van der Waals surface area contributed by atoms with Gasteiger partial charge in [0.2, 0.25) is 5.16 Å². The van der Waals surface area contributed by atoms with E-state index in [4.69, 9.17) is 17.4 Å². The summed E-state index contributed by atoms with van der Waals surface area (Å²) in [4.78, 5) is 22.4. The zero-order valence-corrected chi connectivity index (χ0v) is 12.4. The first-order valence-corrected chi connectivity index (χ1v) is 7.14. The van der Waals surface area contributed by atoms with Crippen LogP contribution in [0.5, 0.6) is 0 Å². The number of nitrogen functional groups attached to an aromatic ring is 1. The molecule has 1 aromatic carbocycles. The number of nitrogens with zero attached hydrogens (tertiary/aromatic N) is 4. The third-order valence-corrected chi connectivity index (χ3v) is 3.70. The highest BCUT2D eigenvalue weighted by Gasteiger charge is 2.17. The first-order chi connectivity index (χ1) is 9.95. The van der Waals surface area contributed by atoms with Crippen LogP contribution in [0.15, 0.2) is 28.2 Å². The fourth-order valence-corrected chi connectivity index (χ4v) is 2.36. The number of nitro groups is 1. The third-order valence-electron chi connectivity index (χ3n) is 2.55. The van der Waals surface area contributed by atoms with Crippen molar-refractivity contribution >= 4 is 29.1 Å². The lowest BCUT2D eigenvalue weighted by atomic mass is 10.1. The Hall–Kier alpha value is -2.13. The summed E-state index contributed by atoms with van der Waals surface area (Å²) in [6, 6.07) is 3.94. The Balaban J connectivity index is 2.58. The van der Waals surface area contributed by atoms with Crippen LogP contribution in [-0.4, -0.2) is 25.5 Å².